The third-order valence-corrected chi connectivity index (χ3v) is 10.7. The molecule has 7 rings (SSSR count). The van der Waals surface area contributed by atoms with Crippen LogP contribution in [0.3, 0.4) is 0 Å². The standard InChI is InChI=1S/C40H48N8O2/c49-39(24-27-4-1-6-31(22-27)29-14-18-41-19-15-29)43-37-12-10-35(45-47-37)33-8-3-9-34(26-33)36-11-13-38(48-46-36)44-40(50)25-28-5-2-7-32(23-28)30-16-20-42-21-17-30/h1-2,4-7,10-13,22-23,29-30,33-34,41-42H,3,8-9,14-21,24-26H2,(H,43,47,49)(H,44,48,50). The fourth-order valence-electron chi connectivity index (χ4n) is 7.95. The molecule has 2 aromatic heterocycles. The predicted molar refractivity (Wildman–Crippen MR) is 195 cm³/mol. The SMILES string of the molecule is O=C(Cc1cccc(C2CCNCC2)c1)Nc1ccc(C2CCCC(c3ccc(NC(=O)Cc4cccc(C5CCNCC5)c4)nn3)C2)nn1. The second kappa shape index (κ2) is 16.4. The largest absolute Gasteiger partial charge is 0.317 e. The van der Waals surface area contributed by atoms with E-state index in [0.29, 0.717) is 36.3 Å². The summed E-state index contributed by atoms with van der Waals surface area (Å²) in [6.45, 7) is 4.18. The highest BCUT2D eigenvalue weighted by atomic mass is 16.2. The van der Waals surface area contributed by atoms with Gasteiger partial charge >= 0.3 is 0 Å². The van der Waals surface area contributed by atoms with Gasteiger partial charge < -0.3 is 21.3 Å². The molecular weight excluding hydrogens is 624 g/mol. The van der Waals surface area contributed by atoms with Crippen LogP contribution in [0.25, 0.3) is 0 Å². The van der Waals surface area contributed by atoms with Gasteiger partial charge in [0, 0.05) is 11.8 Å². The van der Waals surface area contributed by atoms with E-state index in [1.165, 1.54) is 11.1 Å². The first kappa shape index (κ1) is 33.9. The molecule has 4 heterocycles. The van der Waals surface area contributed by atoms with Crippen molar-refractivity contribution in [3.63, 3.8) is 0 Å². The molecule has 50 heavy (non-hydrogen) atoms. The number of anilines is 2. The van der Waals surface area contributed by atoms with Crippen LogP contribution in [0.4, 0.5) is 11.6 Å². The lowest BCUT2D eigenvalue weighted by Gasteiger charge is -2.28. The molecule has 2 aromatic carbocycles. The molecule has 3 aliphatic rings. The Morgan fingerprint density at radius 3 is 1.44 bits per heavy atom. The monoisotopic (exact) mass is 672 g/mol. The van der Waals surface area contributed by atoms with Crippen LogP contribution in [0.2, 0.25) is 0 Å². The molecular formula is C40H48N8O2. The molecule has 0 bridgehead atoms. The number of carbonyl (C=O) groups excluding carboxylic acids is 2. The molecule has 260 valence electrons. The van der Waals surface area contributed by atoms with Crippen LogP contribution >= 0.6 is 0 Å². The van der Waals surface area contributed by atoms with E-state index in [2.05, 4.69) is 78.1 Å². The second-order valence-electron chi connectivity index (χ2n) is 14.2. The molecule has 1 aliphatic carbocycles. The molecule has 0 radical (unpaired) electrons. The number of nitrogens with zero attached hydrogens (tertiary/aromatic N) is 4. The van der Waals surface area contributed by atoms with Gasteiger partial charge in [-0.15, -0.1) is 10.2 Å². The molecule has 2 aliphatic heterocycles. The zero-order valence-electron chi connectivity index (χ0n) is 28.7. The van der Waals surface area contributed by atoms with Crippen molar-refractivity contribution in [1.29, 1.82) is 0 Å². The maximum atomic E-state index is 12.9. The number of rotatable bonds is 10. The van der Waals surface area contributed by atoms with Gasteiger partial charge in [-0.1, -0.05) is 55.0 Å². The van der Waals surface area contributed by atoms with Crippen molar-refractivity contribution in [1.82, 2.24) is 31.0 Å². The zero-order chi connectivity index (χ0) is 34.1. The van der Waals surface area contributed by atoms with Gasteiger partial charge in [0.15, 0.2) is 11.6 Å². The van der Waals surface area contributed by atoms with Crippen molar-refractivity contribution in [3.8, 4) is 0 Å². The summed E-state index contributed by atoms with van der Waals surface area (Å²) in [6.07, 6.45) is 9.17. The number of hydrogen-bond donors (Lipinski definition) is 4. The average molecular weight is 673 g/mol. The number of piperidine rings is 2. The minimum absolute atomic E-state index is 0.0905. The first-order valence-corrected chi connectivity index (χ1v) is 18.4. The van der Waals surface area contributed by atoms with Crippen LogP contribution in [0, 0.1) is 0 Å². The molecule has 4 aromatic rings. The number of hydrogen-bond acceptors (Lipinski definition) is 8. The summed E-state index contributed by atoms with van der Waals surface area (Å²) >= 11 is 0. The number of nitrogens with one attached hydrogen (secondary N) is 4. The van der Waals surface area contributed by atoms with Crippen LogP contribution in [0.15, 0.2) is 72.8 Å². The van der Waals surface area contributed by atoms with E-state index in [1.54, 1.807) is 0 Å². The summed E-state index contributed by atoms with van der Waals surface area (Å²) in [5.74, 6) is 2.38. The van der Waals surface area contributed by atoms with E-state index in [-0.39, 0.29) is 23.7 Å². The molecule has 1 saturated carbocycles. The van der Waals surface area contributed by atoms with Crippen molar-refractivity contribution in [3.05, 3.63) is 106 Å². The normalized spacial score (nSPS) is 20.2. The minimum atomic E-state index is -0.0905. The highest BCUT2D eigenvalue weighted by molar-refractivity contribution is 5.91. The van der Waals surface area contributed by atoms with Gasteiger partial charge in [0.25, 0.3) is 0 Å². The summed E-state index contributed by atoms with van der Waals surface area (Å²) in [7, 11) is 0. The van der Waals surface area contributed by atoms with Gasteiger partial charge in [-0.25, -0.2) is 0 Å². The predicted octanol–water partition coefficient (Wildman–Crippen LogP) is 6.00. The molecule has 2 amide bonds. The molecule has 4 N–H and O–H groups in total. The fourth-order valence-corrected chi connectivity index (χ4v) is 7.95. The lowest BCUT2D eigenvalue weighted by molar-refractivity contribution is -0.116. The van der Waals surface area contributed by atoms with Crippen LogP contribution in [0.5, 0.6) is 0 Å². The van der Waals surface area contributed by atoms with Crippen molar-refractivity contribution >= 4 is 23.5 Å². The van der Waals surface area contributed by atoms with Crippen molar-refractivity contribution < 1.29 is 9.59 Å². The van der Waals surface area contributed by atoms with Gasteiger partial charge in [0.2, 0.25) is 11.8 Å². The highest BCUT2D eigenvalue weighted by Gasteiger charge is 2.27. The Labute approximate surface area is 294 Å². The molecule has 10 nitrogen and oxygen atoms in total. The topological polar surface area (TPSA) is 134 Å². The number of benzene rings is 2. The van der Waals surface area contributed by atoms with E-state index in [0.717, 1.165) is 100 Å². The lowest BCUT2D eigenvalue weighted by atomic mass is 9.78. The Hall–Kier alpha value is -4.54. The quantitative estimate of drug-likeness (QED) is 0.161. The van der Waals surface area contributed by atoms with Crippen LogP contribution in [-0.4, -0.2) is 58.4 Å². The molecule has 10 heteroatoms. The van der Waals surface area contributed by atoms with E-state index < -0.39 is 0 Å². The van der Waals surface area contributed by atoms with Crippen molar-refractivity contribution in [2.24, 2.45) is 0 Å². The molecule has 3 fully saturated rings. The van der Waals surface area contributed by atoms with E-state index >= 15 is 0 Å². The van der Waals surface area contributed by atoms with Gasteiger partial charge in [0.1, 0.15) is 0 Å². The number of carbonyl (C=O) groups is 2. The number of amides is 2. The van der Waals surface area contributed by atoms with Crippen LogP contribution < -0.4 is 21.3 Å². The Morgan fingerprint density at radius 1 is 0.560 bits per heavy atom. The van der Waals surface area contributed by atoms with Crippen LogP contribution in [0.1, 0.15) is 109 Å². The van der Waals surface area contributed by atoms with Gasteiger partial charge in [-0.05, 0) is 129 Å². The van der Waals surface area contributed by atoms with Crippen molar-refractivity contribution in [2.75, 3.05) is 36.8 Å². The first-order chi connectivity index (χ1) is 24.6. The zero-order valence-corrected chi connectivity index (χ0v) is 28.7. The van der Waals surface area contributed by atoms with Crippen molar-refractivity contribution in [2.45, 2.75) is 87.9 Å². The summed E-state index contributed by atoms with van der Waals surface area (Å²) in [4.78, 5) is 25.7. The fraction of sp³-hybridized carbons (Fsp3) is 0.450. The van der Waals surface area contributed by atoms with Gasteiger partial charge in [-0.3, -0.25) is 9.59 Å². The minimum Gasteiger partial charge on any atom is -0.317 e. The Bertz CT molecular complexity index is 1610. The highest BCUT2D eigenvalue weighted by Crippen LogP contribution is 2.40. The second-order valence-corrected chi connectivity index (χ2v) is 14.2. The maximum Gasteiger partial charge on any atom is 0.229 e. The molecule has 0 spiro atoms. The number of aromatic nitrogens is 4. The van der Waals surface area contributed by atoms with E-state index in [1.807, 2.05) is 36.4 Å². The molecule has 2 saturated heterocycles. The molecule has 2 atom stereocenters. The molecule has 2 unspecified atom stereocenters. The Kier molecular flexibility index (Phi) is 11.2. The third kappa shape index (κ3) is 8.97. The average Bonchev–Trinajstić information content (AvgIpc) is 3.16. The van der Waals surface area contributed by atoms with Crippen LogP contribution in [-0.2, 0) is 22.4 Å². The summed E-state index contributed by atoms with van der Waals surface area (Å²) < 4.78 is 0. The van der Waals surface area contributed by atoms with Gasteiger partial charge in [-0.2, -0.15) is 10.2 Å². The summed E-state index contributed by atoms with van der Waals surface area (Å²) in [5, 5.41) is 30.5. The smallest absolute Gasteiger partial charge is 0.229 e. The summed E-state index contributed by atoms with van der Waals surface area (Å²) in [6, 6.07) is 24.5. The van der Waals surface area contributed by atoms with Gasteiger partial charge in [0.05, 0.1) is 24.2 Å². The first-order valence-electron chi connectivity index (χ1n) is 18.4. The Balaban J connectivity index is 0.891. The van der Waals surface area contributed by atoms with E-state index in [4.69, 9.17) is 0 Å². The third-order valence-electron chi connectivity index (χ3n) is 10.7. The maximum absolute atomic E-state index is 12.9. The summed E-state index contributed by atoms with van der Waals surface area (Å²) in [5.41, 5.74) is 6.54. The Morgan fingerprint density at radius 2 is 1.02 bits per heavy atom. The van der Waals surface area contributed by atoms with E-state index in [9.17, 15) is 9.59 Å². The lowest BCUT2D eigenvalue weighted by Crippen LogP contribution is -2.26.